The van der Waals surface area contributed by atoms with Crippen LogP contribution in [-0.4, -0.2) is 37.8 Å². The summed E-state index contributed by atoms with van der Waals surface area (Å²) in [5, 5.41) is 1.86. The third kappa shape index (κ3) is 6.90. The second-order valence-corrected chi connectivity index (χ2v) is 3.67. The Morgan fingerprint density at radius 3 is 2.38 bits per heavy atom. The zero-order valence-corrected chi connectivity index (χ0v) is 11.3. The maximum atomic E-state index is 12.6. The SMILES string of the molecule is CCOC(=O)NC(=O)COC(=O)COc1ccc(F)cc1. The summed E-state index contributed by atoms with van der Waals surface area (Å²) in [6, 6.07) is 5.03. The average Bonchev–Trinajstić information content (AvgIpc) is 2.44. The number of imide groups is 1. The first-order valence-electron chi connectivity index (χ1n) is 6.02. The van der Waals surface area contributed by atoms with Crippen LogP contribution in [0.3, 0.4) is 0 Å². The Bertz CT molecular complexity index is 502. The molecule has 2 amide bonds. The van der Waals surface area contributed by atoms with Crippen molar-refractivity contribution >= 4 is 18.0 Å². The molecule has 7 nitrogen and oxygen atoms in total. The Kier molecular flexibility index (Phi) is 6.66. The van der Waals surface area contributed by atoms with E-state index in [0.29, 0.717) is 0 Å². The number of alkyl carbamates (subject to hydrolysis) is 1. The molecule has 8 heteroatoms. The van der Waals surface area contributed by atoms with Gasteiger partial charge in [-0.15, -0.1) is 0 Å². The summed E-state index contributed by atoms with van der Waals surface area (Å²) in [4.78, 5) is 33.3. The zero-order chi connectivity index (χ0) is 15.7. The van der Waals surface area contributed by atoms with Crippen molar-refractivity contribution in [3.63, 3.8) is 0 Å². The normalized spacial score (nSPS) is 9.62. The number of hydrogen-bond donors (Lipinski definition) is 1. The molecule has 0 aliphatic carbocycles. The van der Waals surface area contributed by atoms with Crippen LogP contribution in [-0.2, 0) is 19.1 Å². The van der Waals surface area contributed by atoms with E-state index in [2.05, 4.69) is 9.47 Å². The largest absolute Gasteiger partial charge is 0.482 e. The summed E-state index contributed by atoms with van der Waals surface area (Å²) in [6.07, 6.45) is -0.916. The number of rotatable bonds is 6. The van der Waals surface area contributed by atoms with Crippen LogP contribution in [0.5, 0.6) is 5.75 Å². The van der Waals surface area contributed by atoms with Crippen LogP contribution in [0.1, 0.15) is 6.92 Å². The fourth-order valence-electron chi connectivity index (χ4n) is 1.18. The molecule has 0 aromatic heterocycles. The van der Waals surface area contributed by atoms with Gasteiger partial charge in [-0.3, -0.25) is 10.1 Å². The molecule has 0 atom stereocenters. The van der Waals surface area contributed by atoms with Gasteiger partial charge in [-0.1, -0.05) is 0 Å². The number of ether oxygens (including phenoxy) is 3. The van der Waals surface area contributed by atoms with E-state index in [1.165, 1.54) is 24.3 Å². The van der Waals surface area contributed by atoms with E-state index in [9.17, 15) is 18.8 Å². The predicted octanol–water partition coefficient (Wildman–Crippen LogP) is 1.02. The number of carbonyl (C=O) groups excluding carboxylic acids is 3. The van der Waals surface area contributed by atoms with Gasteiger partial charge in [0.05, 0.1) is 6.61 Å². The Labute approximate surface area is 120 Å². The molecule has 0 fully saturated rings. The molecule has 114 valence electrons. The Morgan fingerprint density at radius 2 is 1.76 bits per heavy atom. The lowest BCUT2D eigenvalue weighted by Crippen LogP contribution is -2.35. The van der Waals surface area contributed by atoms with E-state index in [1.54, 1.807) is 6.92 Å². The molecule has 0 bridgehead atoms. The van der Waals surface area contributed by atoms with Crippen molar-refractivity contribution in [1.82, 2.24) is 5.32 Å². The third-order valence-electron chi connectivity index (χ3n) is 2.05. The summed E-state index contributed by atoms with van der Waals surface area (Å²) in [6.45, 7) is 0.615. The molecule has 0 aliphatic rings. The number of esters is 1. The van der Waals surface area contributed by atoms with Crippen LogP contribution in [0.2, 0.25) is 0 Å². The van der Waals surface area contributed by atoms with Crippen molar-refractivity contribution in [3.8, 4) is 5.75 Å². The molecule has 0 spiro atoms. The predicted molar refractivity (Wildman–Crippen MR) is 68.0 cm³/mol. The van der Waals surface area contributed by atoms with Crippen molar-refractivity contribution in [2.45, 2.75) is 6.92 Å². The Balaban J connectivity index is 2.23. The van der Waals surface area contributed by atoms with E-state index >= 15 is 0 Å². The molecule has 1 rings (SSSR count). The first-order valence-corrected chi connectivity index (χ1v) is 6.02. The molecule has 0 aliphatic heterocycles. The second kappa shape index (κ2) is 8.51. The summed E-state index contributed by atoms with van der Waals surface area (Å²) in [5.41, 5.74) is 0. The van der Waals surface area contributed by atoms with E-state index in [1.807, 2.05) is 5.32 Å². The van der Waals surface area contributed by atoms with E-state index in [4.69, 9.17) is 4.74 Å². The number of halogens is 1. The van der Waals surface area contributed by atoms with Gasteiger partial charge in [0.15, 0.2) is 13.2 Å². The Morgan fingerprint density at radius 1 is 1.10 bits per heavy atom. The van der Waals surface area contributed by atoms with Gasteiger partial charge in [-0.25, -0.2) is 14.0 Å². The van der Waals surface area contributed by atoms with Gasteiger partial charge in [0.25, 0.3) is 5.91 Å². The molecule has 1 N–H and O–H groups in total. The van der Waals surface area contributed by atoms with E-state index in [0.717, 1.165) is 0 Å². The molecule has 0 unspecified atom stereocenters. The van der Waals surface area contributed by atoms with E-state index in [-0.39, 0.29) is 12.4 Å². The zero-order valence-electron chi connectivity index (χ0n) is 11.3. The first kappa shape index (κ1) is 16.4. The fraction of sp³-hybridized carbons (Fsp3) is 0.308. The molecule has 1 aromatic rings. The van der Waals surface area contributed by atoms with Crippen LogP contribution in [0, 0.1) is 5.82 Å². The van der Waals surface area contributed by atoms with Crippen molar-refractivity contribution in [2.24, 2.45) is 0 Å². The van der Waals surface area contributed by atoms with Crippen LogP contribution in [0.4, 0.5) is 9.18 Å². The van der Waals surface area contributed by atoms with Crippen LogP contribution in [0.15, 0.2) is 24.3 Å². The summed E-state index contributed by atoms with van der Waals surface area (Å²) in [7, 11) is 0. The smallest absolute Gasteiger partial charge is 0.413 e. The molecule has 0 radical (unpaired) electrons. The second-order valence-electron chi connectivity index (χ2n) is 3.67. The van der Waals surface area contributed by atoms with Gasteiger partial charge in [-0.05, 0) is 31.2 Å². The van der Waals surface area contributed by atoms with Crippen molar-refractivity contribution in [1.29, 1.82) is 0 Å². The monoisotopic (exact) mass is 299 g/mol. The van der Waals surface area contributed by atoms with Gasteiger partial charge in [0.1, 0.15) is 11.6 Å². The fourth-order valence-corrected chi connectivity index (χ4v) is 1.18. The molecule has 0 saturated carbocycles. The topological polar surface area (TPSA) is 90.9 Å². The van der Waals surface area contributed by atoms with Crippen molar-refractivity contribution < 1.29 is 33.0 Å². The highest BCUT2D eigenvalue weighted by Gasteiger charge is 2.11. The minimum Gasteiger partial charge on any atom is -0.482 e. The maximum Gasteiger partial charge on any atom is 0.413 e. The lowest BCUT2D eigenvalue weighted by atomic mass is 10.3. The van der Waals surface area contributed by atoms with Gasteiger partial charge in [0.2, 0.25) is 0 Å². The first-order chi connectivity index (χ1) is 10.0. The highest BCUT2D eigenvalue weighted by atomic mass is 19.1. The Hall–Kier alpha value is -2.64. The molecule has 1 aromatic carbocycles. The molecular weight excluding hydrogens is 285 g/mol. The minimum atomic E-state index is -0.916. The highest BCUT2D eigenvalue weighted by molar-refractivity contribution is 5.93. The van der Waals surface area contributed by atoms with Crippen LogP contribution >= 0.6 is 0 Å². The quantitative estimate of drug-likeness (QED) is 0.789. The molecule has 0 heterocycles. The lowest BCUT2D eigenvalue weighted by Gasteiger charge is -2.07. The standard InChI is InChI=1S/C13H14FNO6/c1-2-19-13(18)15-11(16)7-21-12(17)8-20-10-5-3-9(14)4-6-10/h3-6H,2,7-8H2,1H3,(H,15,16,18). The van der Waals surface area contributed by atoms with Crippen LogP contribution in [0.25, 0.3) is 0 Å². The molecular formula is C13H14FNO6. The third-order valence-corrected chi connectivity index (χ3v) is 2.05. The summed E-state index contributed by atoms with van der Waals surface area (Å²) < 4.78 is 26.7. The lowest BCUT2D eigenvalue weighted by molar-refractivity contribution is -0.150. The number of benzene rings is 1. The molecule has 0 saturated heterocycles. The average molecular weight is 299 g/mol. The van der Waals surface area contributed by atoms with Gasteiger partial charge >= 0.3 is 12.1 Å². The summed E-state index contributed by atoms with van der Waals surface area (Å²) >= 11 is 0. The van der Waals surface area contributed by atoms with Gasteiger partial charge in [-0.2, -0.15) is 0 Å². The number of carbonyl (C=O) groups is 3. The van der Waals surface area contributed by atoms with Crippen LogP contribution < -0.4 is 10.1 Å². The van der Waals surface area contributed by atoms with Crippen molar-refractivity contribution in [2.75, 3.05) is 19.8 Å². The summed E-state index contributed by atoms with van der Waals surface area (Å²) in [5.74, 6) is -1.77. The van der Waals surface area contributed by atoms with Crippen molar-refractivity contribution in [3.05, 3.63) is 30.1 Å². The number of nitrogens with one attached hydrogen (secondary N) is 1. The minimum absolute atomic E-state index is 0.115. The number of amides is 2. The number of hydrogen-bond acceptors (Lipinski definition) is 6. The van der Waals surface area contributed by atoms with Gasteiger partial charge < -0.3 is 14.2 Å². The van der Waals surface area contributed by atoms with E-state index < -0.39 is 37.0 Å². The van der Waals surface area contributed by atoms with Gasteiger partial charge in [0, 0.05) is 0 Å². The maximum absolute atomic E-state index is 12.6. The highest BCUT2D eigenvalue weighted by Crippen LogP contribution is 2.10. The molecule has 21 heavy (non-hydrogen) atoms.